The number of hydrogen-bond donors (Lipinski definition) is 1. The lowest BCUT2D eigenvalue weighted by atomic mass is 9.99. The summed E-state index contributed by atoms with van der Waals surface area (Å²) in [4.78, 5) is 14.2. The fourth-order valence-electron chi connectivity index (χ4n) is 3.11. The van der Waals surface area contributed by atoms with E-state index in [1.165, 1.54) is 6.42 Å². The van der Waals surface area contributed by atoms with Crippen molar-refractivity contribution in [2.45, 2.75) is 58.0 Å². The summed E-state index contributed by atoms with van der Waals surface area (Å²) < 4.78 is 0. The monoisotopic (exact) mass is 224 g/mol. The first-order valence-corrected chi connectivity index (χ1v) is 6.64. The predicted octanol–water partition coefficient (Wildman–Crippen LogP) is 1.76. The Bertz CT molecular complexity index is 267. The summed E-state index contributed by atoms with van der Waals surface area (Å²) in [7, 11) is 0. The van der Waals surface area contributed by atoms with E-state index in [1.54, 1.807) is 0 Å². The topological polar surface area (TPSA) is 46.3 Å². The fraction of sp³-hybridized carbons (Fsp3) is 0.923. The second-order valence-corrected chi connectivity index (χ2v) is 5.65. The number of nitrogens with two attached hydrogens (primary N) is 1. The van der Waals surface area contributed by atoms with Gasteiger partial charge in [-0.3, -0.25) is 4.79 Å². The van der Waals surface area contributed by atoms with Crippen LogP contribution in [0.25, 0.3) is 0 Å². The van der Waals surface area contributed by atoms with Gasteiger partial charge in [0.1, 0.15) is 0 Å². The van der Waals surface area contributed by atoms with Gasteiger partial charge in [-0.2, -0.15) is 0 Å². The van der Waals surface area contributed by atoms with Gasteiger partial charge in [0.2, 0.25) is 5.91 Å². The van der Waals surface area contributed by atoms with E-state index in [-0.39, 0.29) is 6.04 Å². The molecule has 2 rings (SSSR count). The normalized spacial score (nSPS) is 39.3. The summed E-state index contributed by atoms with van der Waals surface area (Å²) in [6.07, 6.45) is 5.28. The lowest BCUT2D eigenvalue weighted by molar-refractivity contribution is -0.133. The maximum atomic E-state index is 12.2. The Hall–Kier alpha value is -0.570. The molecule has 2 fully saturated rings. The van der Waals surface area contributed by atoms with Crippen LogP contribution in [0.5, 0.6) is 0 Å². The van der Waals surface area contributed by atoms with Crippen LogP contribution in [0.3, 0.4) is 0 Å². The lowest BCUT2D eigenvalue weighted by Gasteiger charge is -2.25. The largest absolute Gasteiger partial charge is 0.340 e. The molecule has 2 unspecified atom stereocenters. The smallest absolute Gasteiger partial charge is 0.223 e. The molecule has 3 nitrogen and oxygen atoms in total. The van der Waals surface area contributed by atoms with Crippen LogP contribution in [0.2, 0.25) is 0 Å². The number of carbonyl (C=O) groups excluding carboxylic acids is 1. The van der Waals surface area contributed by atoms with Gasteiger partial charge in [0, 0.05) is 25.0 Å². The Morgan fingerprint density at radius 2 is 2.06 bits per heavy atom. The highest BCUT2D eigenvalue weighted by atomic mass is 16.2. The van der Waals surface area contributed by atoms with Crippen LogP contribution in [0, 0.1) is 11.8 Å². The van der Waals surface area contributed by atoms with E-state index in [0.717, 1.165) is 25.8 Å². The van der Waals surface area contributed by atoms with Crippen LogP contribution >= 0.6 is 0 Å². The van der Waals surface area contributed by atoms with Gasteiger partial charge in [0.25, 0.3) is 0 Å². The number of hydrogen-bond acceptors (Lipinski definition) is 2. The van der Waals surface area contributed by atoms with Gasteiger partial charge in [0.05, 0.1) is 0 Å². The van der Waals surface area contributed by atoms with Crippen LogP contribution in [0.1, 0.15) is 46.0 Å². The Kier molecular flexibility index (Phi) is 3.53. The van der Waals surface area contributed by atoms with Crippen LogP contribution in [-0.4, -0.2) is 29.4 Å². The van der Waals surface area contributed by atoms with E-state index in [1.807, 2.05) is 0 Å². The molecule has 0 aromatic carbocycles. The Morgan fingerprint density at radius 1 is 1.31 bits per heavy atom. The summed E-state index contributed by atoms with van der Waals surface area (Å²) in [5.74, 6) is 1.43. The minimum atomic E-state index is 0.263. The molecule has 0 spiro atoms. The van der Waals surface area contributed by atoms with Crippen molar-refractivity contribution in [3.8, 4) is 0 Å². The zero-order valence-electron chi connectivity index (χ0n) is 10.5. The minimum Gasteiger partial charge on any atom is -0.340 e. The van der Waals surface area contributed by atoms with Crippen molar-refractivity contribution in [1.82, 2.24) is 4.90 Å². The molecule has 2 N–H and O–H groups in total. The van der Waals surface area contributed by atoms with Crippen molar-refractivity contribution in [2.75, 3.05) is 6.54 Å². The van der Waals surface area contributed by atoms with Gasteiger partial charge in [-0.1, -0.05) is 13.3 Å². The summed E-state index contributed by atoms with van der Waals surface area (Å²) in [5, 5.41) is 0. The molecule has 0 radical (unpaired) electrons. The van der Waals surface area contributed by atoms with E-state index in [0.29, 0.717) is 30.2 Å². The van der Waals surface area contributed by atoms with Crippen molar-refractivity contribution in [3.05, 3.63) is 0 Å². The molecule has 1 amide bonds. The first kappa shape index (κ1) is 11.9. The molecule has 0 aromatic heterocycles. The molecule has 3 heteroatoms. The molecule has 4 atom stereocenters. The summed E-state index contributed by atoms with van der Waals surface area (Å²) >= 11 is 0. The highest BCUT2D eigenvalue weighted by Crippen LogP contribution is 2.30. The summed E-state index contributed by atoms with van der Waals surface area (Å²) in [6, 6.07) is 0.685. The molecular formula is C13H24N2O. The molecule has 1 aliphatic heterocycles. The molecule has 0 bridgehead atoms. The quantitative estimate of drug-likeness (QED) is 0.777. The third-order valence-corrected chi connectivity index (χ3v) is 4.62. The van der Waals surface area contributed by atoms with E-state index in [2.05, 4.69) is 18.7 Å². The van der Waals surface area contributed by atoms with Crippen LogP contribution in [-0.2, 0) is 4.79 Å². The molecule has 92 valence electrons. The Labute approximate surface area is 98.4 Å². The Morgan fingerprint density at radius 3 is 2.56 bits per heavy atom. The first-order chi connectivity index (χ1) is 7.59. The van der Waals surface area contributed by atoms with Crippen molar-refractivity contribution >= 4 is 5.91 Å². The van der Waals surface area contributed by atoms with Gasteiger partial charge in [0.15, 0.2) is 0 Å². The average molecular weight is 224 g/mol. The molecule has 1 saturated heterocycles. The SMILES string of the molecule is CC1CCN(C(=O)C[C@@H]2CCC[C@H]2N)C1C. The first-order valence-electron chi connectivity index (χ1n) is 6.64. The van der Waals surface area contributed by atoms with E-state index in [9.17, 15) is 4.79 Å². The van der Waals surface area contributed by atoms with Crippen molar-refractivity contribution in [2.24, 2.45) is 17.6 Å². The van der Waals surface area contributed by atoms with Crippen molar-refractivity contribution < 1.29 is 4.79 Å². The van der Waals surface area contributed by atoms with Crippen molar-refractivity contribution in [1.29, 1.82) is 0 Å². The third-order valence-electron chi connectivity index (χ3n) is 4.62. The van der Waals surface area contributed by atoms with Gasteiger partial charge < -0.3 is 10.6 Å². The lowest BCUT2D eigenvalue weighted by Crippen LogP contribution is -2.38. The second-order valence-electron chi connectivity index (χ2n) is 5.65. The van der Waals surface area contributed by atoms with Crippen molar-refractivity contribution in [3.63, 3.8) is 0 Å². The fourth-order valence-corrected chi connectivity index (χ4v) is 3.11. The average Bonchev–Trinajstić information content (AvgIpc) is 2.77. The van der Waals surface area contributed by atoms with Gasteiger partial charge >= 0.3 is 0 Å². The van der Waals surface area contributed by atoms with E-state index in [4.69, 9.17) is 5.73 Å². The van der Waals surface area contributed by atoms with Gasteiger partial charge in [-0.25, -0.2) is 0 Å². The summed E-state index contributed by atoms with van der Waals surface area (Å²) in [6.45, 7) is 5.35. The van der Waals surface area contributed by atoms with Crippen LogP contribution in [0.4, 0.5) is 0 Å². The molecule has 1 saturated carbocycles. The molecular weight excluding hydrogens is 200 g/mol. The molecule has 1 aliphatic carbocycles. The second kappa shape index (κ2) is 4.74. The van der Waals surface area contributed by atoms with Gasteiger partial charge in [-0.05, 0) is 38.0 Å². The molecule has 2 aliphatic rings. The number of amides is 1. The van der Waals surface area contributed by atoms with Crippen LogP contribution < -0.4 is 5.73 Å². The highest BCUT2D eigenvalue weighted by molar-refractivity contribution is 5.77. The third kappa shape index (κ3) is 2.24. The minimum absolute atomic E-state index is 0.263. The molecule has 16 heavy (non-hydrogen) atoms. The molecule has 0 aromatic rings. The molecule has 1 heterocycles. The maximum absolute atomic E-state index is 12.2. The maximum Gasteiger partial charge on any atom is 0.223 e. The number of carbonyl (C=O) groups is 1. The van der Waals surface area contributed by atoms with E-state index < -0.39 is 0 Å². The standard InChI is InChI=1S/C13H24N2O/c1-9-6-7-15(10(9)2)13(16)8-11-4-3-5-12(11)14/h9-12H,3-8,14H2,1-2H3/t9?,10?,11-,12+/m0/s1. The van der Waals surface area contributed by atoms with Crippen LogP contribution in [0.15, 0.2) is 0 Å². The zero-order chi connectivity index (χ0) is 11.7. The predicted molar refractivity (Wildman–Crippen MR) is 64.9 cm³/mol. The number of likely N-dealkylation sites (tertiary alicyclic amines) is 1. The van der Waals surface area contributed by atoms with E-state index >= 15 is 0 Å². The number of nitrogens with zero attached hydrogens (tertiary/aromatic N) is 1. The number of rotatable bonds is 2. The summed E-state index contributed by atoms with van der Waals surface area (Å²) in [5.41, 5.74) is 6.02. The highest BCUT2D eigenvalue weighted by Gasteiger charge is 2.33. The zero-order valence-corrected chi connectivity index (χ0v) is 10.5. The van der Waals surface area contributed by atoms with Gasteiger partial charge in [-0.15, -0.1) is 0 Å². The Balaban J connectivity index is 1.88.